The molecule has 0 spiro atoms. The fraction of sp³-hybridized carbons (Fsp3) is 0.500. The average Bonchev–Trinajstić information content (AvgIpc) is 3.14. The molecule has 0 bridgehead atoms. The zero-order valence-electron chi connectivity index (χ0n) is 19.2. The topological polar surface area (TPSA) is 108 Å². The molecule has 176 valence electrons. The van der Waals surface area contributed by atoms with E-state index in [0.29, 0.717) is 42.1 Å². The number of nitrogen functional groups attached to an aromatic ring is 1. The van der Waals surface area contributed by atoms with Crippen LogP contribution in [0.3, 0.4) is 0 Å². The van der Waals surface area contributed by atoms with Crippen LogP contribution in [0.2, 0.25) is 0 Å². The van der Waals surface area contributed by atoms with Crippen LogP contribution in [-0.2, 0) is 0 Å². The molecule has 2 aliphatic heterocycles. The molecule has 0 radical (unpaired) electrons. The standard InChI is InChI=1S/C24H33N7O2/c1-26-22-11-10-20(23(25)27-22)29-28-19-8-4-5-9-21(19)33-24(32)31-16-12-18(13-17-31)30-14-6-2-3-7-15-30/h4-5,8-11,18H,2-3,6-7,12-17H2,1H3,(H3,25,26,27). The molecule has 1 aromatic carbocycles. The fourth-order valence-electron chi connectivity index (χ4n) is 4.46. The third kappa shape index (κ3) is 5.98. The van der Waals surface area contributed by atoms with Crippen molar-refractivity contribution in [1.29, 1.82) is 0 Å². The number of pyridine rings is 1. The summed E-state index contributed by atoms with van der Waals surface area (Å²) in [5, 5.41) is 11.4. The zero-order chi connectivity index (χ0) is 23.0. The van der Waals surface area contributed by atoms with E-state index < -0.39 is 0 Å². The molecule has 2 saturated heterocycles. The second-order valence-electron chi connectivity index (χ2n) is 8.55. The third-order valence-corrected chi connectivity index (χ3v) is 6.37. The molecule has 9 nitrogen and oxygen atoms in total. The molecule has 2 aromatic rings. The Hall–Kier alpha value is -3.20. The lowest BCUT2D eigenvalue weighted by Gasteiger charge is -2.37. The summed E-state index contributed by atoms with van der Waals surface area (Å²) < 4.78 is 5.70. The number of hydrogen-bond donors (Lipinski definition) is 2. The number of para-hydroxylation sites is 1. The second-order valence-corrected chi connectivity index (χ2v) is 8.55. The van der Waals surface area contributed by atoms with Gasteiger partial charge in [-0.05, 0) is 63.0 Å². The van der Waals surface area contributed by atoms with E-state index in [1.807, 2.05) is 12.1 Å². The van der Waals surface area contributed by atoms with Crippen molar-refractivity contribution in [2.24, 2.45) is 10.2 Å². The quantitative estimate of drug-likeness (QED) is 0.622. The zero-order valence-corrected chi connectivity index (χ0v) is 19.2. The third-order valence-electron chi connectivity index (χ3n) is 6.37. The highest BCUT2D eigenvalue weighted by Gasteiger charge is 2.28. The molecule has 1 aromatic heterocycles. The lowest BCUT2D eigenvalue weighted by Crippen LogP contribution is -2.47. The predicted octanol–water partition coefficient (Wildman–Crippen LogP) is 4.96. The fourth-order valence-corrected chi connectivity index (χ4v) is 4.46. The van der Waals surface area contributed by atoms with E-state index in [1.54, 1.807) is 36.2 Å². The highest BCUT2D eigenvalue weighted by molar-refractivity contribution is 5.73. The van der Waals surface area contributed by atoms with Gasteiger partial charge in [-0.15, -0.1) is 10.2 Å². The van der Waals surface area contributed by atoms with Gasteiger partial charge in [0.25, 0.3) is 0 Å². The minimum atomic E-state index is -0.341. The largest absolute Gasteiger partial charge is 0.415 e. The Balaban J connectivity index is 1.36. The Morgan fingerprint density at radius 2 is 1.70 bits per heavy atom. The maximum absolute atomic E-state index is 12.8. The number of nitrogens with one attached hydrogen (secondary N) is 1. The van der Waals surface area contributed by atoms with Gasteiger partial charge in [-0.1, -0.05) is 25.0 Å². The monoisotopic (exact) mass is 451 g/mol. The molecule has 2 aliphatic rings. The number of amides is 1. The number of rotatable bonds is 5. The lowest BCUT2D eigenvalue weighted by atomic mass is 10.0. The summed E-state index contributed by atoms with van der Waals surface area (Å²) in [6.07, 6.45) is 6.89. The van der Waals surface area contributed by atoms with Gasteiger partial charge in [0.15, 0.2) is 11.6 Å². The van der Waals surface area contributed by atoms with Crippen molar-refractivity contribution in [2.45, 2.75) is 44.6 Å². The molecular formula is C24H33N7O2. The van der Waals surface area contributed by atoms with Gasteiger partial charge in [-0.2, -0.15) is 0 Å². The second kappa shape index (κ2) is 11.1. The number of carbonyl (C=O) groups excluding carboxylic acids is 1. The number of azo groups is 1. The van der Waals surface area contributed by atoms with Gasteiger partial charge < -0.3 is 25.6 Å². The van der Waals surface area contributed by atoms with E-state index in [-0.39, 0.29) is 11.9 Å². The summed E-state index contributed by atoms with van der Waals surface area (Å²) >= 11 is 0. The van der Waals surface area contributed by atoms with Crippen LogP contribution < -0.4 is 15.8 Å². The van der Waals surface area contributed by atoms with Crippen LogP contribution in [0.1, 0.15) is 38.5 Å². The smallest absolute Gasteiger partial charge is 0.408 e. The van der Waals surface area contributed by atoms with Crippen molar-refractivity contribution < 1.29 is 9.53 Å². The van der Waals surface area contributed by atoms with Crippen molar-refractivity contribution in [2.75, 3.05) is 44.3 Å². The van der Waals surface area contributed by atoms with Crippen molar-refractivity contribution >= 4 is 29.1 Å². The molecule has 0 atom stereocenters. The summed E-state index contributed by atoms with van der Waals surface area (Å²) in [5.41, 5.74) is 6.86. The molecule has 0 unspecified atom stereocenters. The van der Waals surface area contributed by atoms with Crippen molar-refractivity contribution in [3.63, 3.8) is 0 Å². The van der Waals surface area contributed by atoms with Crippen LogP contribution in [0.25, 0.3) is 0 Å². The molecule has 1 amide bonds. The minimum absolute atomic E-state index is 0.271. The number of anilines is 2. The maximum Gasteiger partial charge on any atom is 0.415 e. The van der Waals surface area contributed by atoms with Gasteiger partial charge in [0.05, 0.1) is 0 Å². The normalized spacial score (nSPS) is 18.3. The van der Waals surface area contributed by atoms with Crippen molar-refractivity contribution in [3.8, 4) is 5.75 Å². The Morgan fingerprint density at radius 1 is 1.00 bits per heavy atom. The first-order valence-electron chi connectivity index (χ1n) is 11.8. The van der Waals surface area contributed by atoms with Crippen LogP contribution in [0.15, 0.2) is 46.6 Å². The van der Waals surface area contributed by atoms with Crippen molar-refractivity contribution in [3.05, 3.63) is 36.4 Å². The molecule has 9 heteroatoms. The average molecular weight is 452 g/mol. The molecule has 33 heavy (non-hydrogen) atoms. The molecule has 3 N–H and O–H groups in total. The first kappa shape index (κ1) is 23.0. The number of aromatic nitrogens is 1. The molecular weight excluding hydrogens is 418 g/mol. The first-order valence-corrected chi connectivity index (χ1v) is 11.8. The number of ether oxygens (including phenoxy) is 1. The molecule has 0 saturated carbocycles. The number of benzene rings is 1. The molecule has 3 heterocycles. The van der Waals surface area contributed by atoms with Crippen LogP contribution in [-0.4, -0.2) is 60.1 Å². The van der Waals surface area contributed by atoms with Crippen LogP contribution in [0.4, 0.5) is 27.8 Å². The van der Waals surface area contributed by atoms with E-state index >= 15 is 0 Å². The predicted molar refractivity (Wildman–Crippen MR) is 129 cm³/mol. The number of nitrogens with zero attached hydrogens (tertiary/aromatic N) is 5. The summed E-state index contributed by atoms with van der Waals surface area (Å²) in [6.45, 7) is 3.80. The van der Waals surface area contributed by atoms with Gasteiger partial charge >= 0.3 is 6.09 Å². The van der Waals surface area contributed by atoms with Crippen LogP contribution in [0.5, 0.6) is 5.75 Å². The van der Waals surface area contributed by atoms with E-state index in [1.165, 1.54) is 38.8 Å². The Morgan fingerprint density at radius 3 is 2.39 bits per heavy atom. The van der Waals surface area contributed by atoms with Gasteiger partial charge in [-0.3, -0.25) is 0 Å². The van der Waals surface area contributed by atoms with E-state index in [9.17, 15) is 4.79 Å². The van der Waals surface area contributed by atoms with E-state index in [4.69, 9.17) is 10.5 Å². The molecule has 2 fully saturated rings. The van der Waals surface area contributed by atoms with Gasteiger partial charge in [-0.25, -0.2) is 9.78 Å². The Kier molecular flexibility index (Phi) is 7.72. The van der Waals surface area contributed by atoms with Crippen molar-refractivity contribution in [1.82, 2.24) is 14.8 Å². The number of hydrogen-bond acceptors (Lipinski definition) is 8. The summed E-state index contributed by atoms with van der Waals surface area (Å²) in [4.78, 5) is 21.4. The Bertz CT molecular complexity index is 965. The highest BCUT2D eigenvalue weighted by Crippen LogP contribution is 2.31. The van der Waals surface area contributed by atoms with Gasteiger partial charge in [0.2, 0.25) is 0 Å². The number of likely N-dealkylation sites (tertiary alicyclic amines) is 2. The molecule has 4 rings (SSSR count). The van der Waals surface area contributed by atoms with Gasteiger partial charge in [0.1, 0.15) is 17.2 Å². The number of nitrogens with two attached hydrogens (primary N) is 1. The summed E-state index contributed by atoms with van der Waals surface area (Å²) in [7, 11) is 1.77. The van der Waals surface area contributed by atoms with E-state index in [0.717, 1.165) is 12.8 Å². The highest BCUT2D eigenvalue weighted by atomic mass is 16.6. The molecule has 0 aliphatic carbocycles. The summed E-state index contributed by atoms with van der Waals surface area (Å²) in [6, 6.07) is 11.2. The van der Waals surface area contributed by atoms with Gasteiger partial charge in [0, 0.05) is 26.2 Å². The van der Waals surface area contributed by atoms with Crippen LogP contribution in [0, 0.1) is 0 Å². The SMILES string of the molecule is CNc1ccc(N=Nc2ccccc2OC(=O)N2CCC(N3CCCCCC3)CC2)c(N)n1. The number of piperidine rings is 1. The number of carbonyl (C=O) groups is 1. The lowest BCUT2D eigenvalue weighted by molar-refractivity contribution is 0.100. The van der Waals surface area contributed by atoms with Crippen LogP contribution >= 0.6 is 0 Å². The first-order chi connectivity index (χ1) is 16.1. The Labute approximate surface area is 195 Å². The maximum atomic E-state index is 12.8. The minimum Gasteiger partial charge on any atom is -0.408 e. The summed E-state index contributed by atoms with van der Waals surface area (Å²) in [5.74, 6) is 1.30. The van der Waals surface area contributed by atoms with E-state index in [2.05, 4.69) is 25.4 Å².